The van der Waals surface area contributed by atoms with E-state index in [0.717, 1.165) is 12.0 Å². The molecule has 3 radical (unpaired) electrons. The maximum absolute atomic E-state index is 12.0. The second-order valence-corrected chi connectivity index (χ2v) is 5.14. The Hall–Kier alpha value is -1.29. The van der Waals surface area contributed by atoms with Gasteiger partial charge in [0.1, 0.15) is 5.60 Å². The SMILES string of the molecule is CCC(C)(C)OC(=O)N(C[Si])Cc1ccccc1. The van der Waals surface area contributed by atoms with Crippen LogP contribution in [0.4, 0.5) is 4.79 Å². The van der Waals surface area contributed by atoms with Crippen molar-refractivity contribution >= 4 is 16.3 Å². The van der Waals surface area contributed by atoms with Gasteiger partial charge in [-0.2, -0.15) is 0 Å². The third kappa shape index (κ3) is 4.53. The highest BCUT2D eigenvalue weighted by Gasteiger charge is 2.23. The van der Waals surface area contributed by atoms with E-state index in [-0.39, 0.29) is 6.09 Å². The van der Waals surface area contributed by atoms with Crippen LogP contribution < -0.4 is 0 Å². The van der Waals surface area contributed by atoms with Gasteiger partial charge in [0.25, 0.3) is 0 Å². The van der Waals surface area contributed by atoms with Gasteiger partial charge < -0.3 is 9.64 Å². The molecular formula is C14H20NO2Si. The van der Waals surface area contributed by atoms with Crippen LogP contribution >= 0.6 is 0 Å². The molecule has 0 saturated heterocycles. The van der Waals surface area contributed by atoms with Crippen molar-refractivity contribution in [3.05, 3.63) is 35.9 Å². The van der Waals surface area contributed by atoms with Crippen LogP contribution in [0.5, 0.6) is 0 Å². The first-order valence-corrected chi connectivity index (χ1v) is 6.85. The van der Waals surface area contributed by atoms with E-state index in [4.69, 9.17) is 4.74 Å². The lowest BCUT2D eigenvalue weighted by molar-refractivity contribution is 0.0131. The summed E-state index contributed by atoms with van der Waals surface area (Å²) in [5, 5.41) is 0. The van der Waals surface area contributed by atoms with Crippen molar-refractivity contribution < 1.29 is 9.53 Å². The topological polar surface area (TPSA) is 29.5 Å². The molecule has 0 fully saturated rings. The Morgan fingerprint density at radius 3 is 2.44 bits per heavy atom. The predicted octanol–water partition coefficient (Wildman–Crippen LogP) is 2.94. The number of carbonyl (C=O) groups is 1. The lowest BCUT2D eigenvalue weighted by Gasteiger charge is -2.28. The smallest absolute Gasteiger partial charge is 0.410 e. The zero-order valence-electron chi connectivity index (χ0n) is 11.3. The fraction of sp³-hybridized carbons (Fsp3) is 0.500. The van der Waals surface area contributed by atoms with Crippen LogP contribution in [0.3, 0.4) is 0 Å². The maximum Gasteiger partial charge on any atom is 0.410 e. The van der Waals surface area contributed by atoms with Gasteiger partial charge in [-0.05, 0) is 25.8 Å². The molecule has 97 valence electrons. The Morgan fingerprint density at radius 2 is 1.94 bits per heavy atom. The van der Waals surface area contributed by atoms with Gasteiger partial charge in [-0.25, -0.2) is 4.79 Å². The standard InChI is InChI=1S/C14H20NO2Si/c1-4-14(2,3)17-13(16)15(11-18)10-12-8-6-5-7-9-12/h5-9H,4,10-11H2,1-3H3. The molecule has 0 aliphatic heterocycles. The average Bonchev–Trinajstić information content (AvgIpc) is 2.36. The van der Waals surface area contributed by atoms with Crippen molar-refractivity contribution in [2.45, 2.75) is 39.3 Å². The Morgan fingerprint density at radius 1 is 1.33 bits per heavy atom. The van der Waals surface area contributed by atoms with Gasteiger partial charge in [-0.3, -0.25) is 0 Å². The van der Waals surface area contributed by atoms with Gasteiger partial charge >= 0.3 is 6.09 Å². The number of amides is 1. The van der Waals surface area contributed by atoms with Crippen LogP contribution in [-0.4, -0.2) is 33.0 Å². The van der Waals surface area contributed by atoms with Crippen molar-refractivity contribution in [2.75, 3.05) is 6.17 Å². The molecule has 4 heteroatoms. The van der Waals surface area contributed by atoms with Crippen molar-refractivity contribution in [3.8, 4) is 0 Å². The molecule has 18 heavy (non-hydrogen) atoms. The van der Waals surface area contributed by atoms with E-state index in [2.05, 4.69) is 10.2 Å². The molecule has 0 atom stereocenters. The first-order chi connectivity index (χ1) is 8.48. The first-order valence-electron chi connectivity index (χ1n) is 6.15. The van der Waals surface area contributed by atoms with Gasteiger partial charge in [-0.15, -0.1) is 0 Å². The summed E-state index contributed by atoms with van der Waals surface area (Å²) < 4.78 is 5.47. The number of hydrogen-bond donors (Lipinski definition) is 0. The van der Waals surface area contributed by atoms with Gasteiger partial charge in [0.15, 0.2) is 0 Å². The second-order valence-electron chi connectivity index (χ2n) is 4.82. The maximum atomic E-state index is 12.0. The van der Waals surface area contributed by atoms with Gasteiger partial charge in [0.05, 0.1) is 10.2 Å². The summed E-state index contributed by atoms with van der Waals surface area (Å²) in [7, 11) is 3.38. The Labute approximate surface area is 113 Å². The minimum Gasteiger partial charge on any atom is -0.443 e. The summed E-state index contributed by atoms with van der Waals surface area (Å²) in [4.78, 5) is 13.7. The van der Waals surface area contributed by atoms with E-state index in [1.54, 1.807) is 4.90 Å². The molecule has 1 aromatic rings. The van der Waals surface area contributed by atoms with Crippen molar-refractivity contribution in [3.63, 3.8) is 0 Å². The fourth-order valence-electron chi connectivity index (χ4n) is 1.36. The van der Waals surface area contributed by atoms with E-state index in [0.29, 0.717) is 12.7 Å². The van der Waals surface area contributed by atoms with Gasteiger partial charge in [0.2, 0.25) is 0 Å². The quantitative estimate of drug-likeness (QED) is 0.764. The Kier molecular flexibility index (Phi) is 5.41. The second kappa shape index (κ2) is 6.59. The van der Waals surface area contributed by atoms with Crippen LogP contribution in [0.1, 0.15) is 32.8 Å². The third-order valence-corrected chi connectivity index (χ3v) is 3.26. The molecule has 0 aromatic heterocycles. The summed E-state index contributed by atoms with van der Waals surface area (Å²) in [6.07, 6.45) is 0.952. The summed E-state index contributed by atoms with van der Waals surface area (Å²) in [6, 6.07) is 9.87. The molecular weight excluding hydrogens is 242 g/mol. The van der Waals surface area contributed by atoms with Crippen LogP contribution in [0.25, 0.3) is 0 Å². The highest BCUT2D eigenvalue weighted by molar-refractivity contribution is 6.09. The predicted molar refractivity (Wildman–Crippen MR) is 73.5 cm³/mol. The normalized spacial score (nSPS) is 11.1. The summed E-state index contributed by atoms with van der Waals surface area (Å²) in [6.45, 7) is 6.38. The number of ether oxygens (including phenoxy) is 1. The monoisotopic (exact) mass is 262 g/mol. The molecule has 0 N–H and O–H groups in total. The van der Waals surface area contributed by atoms with E-state index < -0.39 is 5.60 Å². The lowest BCUT2D eigenvalue weighted by Crippen LogP contribution is -2.38. The zero-order chi connectivity index (χ0) is 13.6. The number of benzene rings is 1. The highest BCUT2D eigenvalue weighted by atomic mass is 28.1. The van der Waals surface area contributed by atoms with Crippen LogP contribution in [0, 0.1) is 0 Å². The minimum absolute atomic E-state index is 0.291. The Bertz CT molecular complexity index is 379. The molecule has 1 aromatic carbocycles. The van der Waals surface area contributed by atoms with E-state index in [1.165, 1.54) is 0 Å². The van der Waals surface area contributed by atoms with Crippen molar-refractivity contribution in [1.82, 2.24) is 4.90 Å². The molecule has 0 heterocycles. The van der Waals surface area contributed by atoms with E-state index in [1.807, 2.05) is 51.1 Å². The summed E-state index contributed by atoms with van der Waals surface area (Å²) in [5.41, 5.74) is 0.662. The fourth-order valence-corrected chi connectivity index (χ4v) is 1.60. The number of carbonyl (C=O) groups excluding carboxylic acids is 1. The molecule has 0 spiro atoms. The van der Waals surface area contributed by atoms with Crippen LogP contribution in [0.2, 0.25) is 0 Å². The molecule has 3 nitrogen and oxygen atoms in total. The largest absolute Gasteiger partial charge is 0.443 e. The van der Waals surface area contributed by atoms with Crippen molar-refractivity contribution in [2.24, 2.45) is 0 Å². The lowest BCUT2D eigenvalue weighted by atomic mass is 10.1. The number of rotatable bonds is 5. The Balaban J connectivity index is 2.64. The third-order valence-electron chi connectivity index (χ3n) is 2.88. The minimum atomic E-state index is -0.423. The molecule has 0 unspecified atom stereocenters. The molecule has 0 aliphatic rings. The molecule has 1 rings (SSSR count). The molecule has 0 saturated carbocycles. The average molecular weight is 262 g/mol. The highest BCUT2D eigenvalue weighted by Crippen LogP contribution is 2.16. The molecule has 1 amide bonds. The molecule has 0 aliphatic carbocycles. The van der Waals surface area contributed by atoms with Crippen LogP contribution in [0.15, 0.2) is 30.3 Å². The van der Waals surface area contributed by atoms with Crippen molar-refractivity contribution in [1.29, 1.82) is 0 Å². The zero-order valence-corrected chi connectivity index (χ0v) is 12.3. The van der Waals surface area contributed by atoms with Crippen LogP contribution in [-0.2, 0) is 11.3 Å². The number of hydrogen-bond acceptors (Lipinski definition) is 2. The van der Waals surface area contributed by atoms with Gasteiger partial charge in [-0.1, -0.05) is 37.3 Å². The van der Waals surface area contributed by atoms with E-state index >= 15 is 0 Å². The first kappa shape index (κ1) is 14.8. The van der Waals surface area contributed by atoms with Gasteiger partial charge in [0, 0.05) is 12.7 Å². The summed E-state index contributed by atoms with van der Waals surface area (Å²) >= 11 is 0. The molecule has 0 bridgehead atoms. The number of nitrogens with zero attached hydrogens (tertiary/aromatic N) is 1. The van der Waals surface area contributed by atoms with E-state index in [9.17, 15) is 4.79 Å². The summed E-state index contributed by atoms with van der Waals surface area (Å²) in [5.74, 6) is 0.